The quantitative estimate of drug-likeness (QED) is 0.789. The van der Waals surface area contributed by atoms with Crippen LogP contribution in [0.25, 0.3) is 5.69 Å². The van der Waals surface area contributed by atoms with Crippen LogP contribution in [0.4, 0.5) is 0 Å². The van der Waals surface area contributed by atoms with E-state index >= 15 is 0 Å². The molecule has 0 saturated heterocycles. The minimum absolute atomic E-state index is 0. The average Bonchev–Trinajstić information content (AvgIpc) is 2.88. The van der Waals surface area contributed by atoms with Gasteiger partial charge in [-0.3, -0.25) is 4.79 Å². The largest absolute Gasteiger partial charge is 0.349 e. The third-order valence-electron chi connectivity index (χ3n) is 4.07. The third kappa shape index (κ3) is 5.54. The van der Waals surface area contributed by atoms with Gasteiger partial charge in [0.15, 0.2) is 0 Å². The van der Waals surface area contributed by atoms with E-state index < -0.39 is 5.54 Å². The summed E-state index contributed by atoms with van der Waals surface area (Å²) < 4.78 is 1.75. The van der Waals surface area contributed by atoms with Crippen molar-refractivity contribution in [3.05, 3.63) is 41.7 Å². The monoisotopic (exact) mass is 365 g/mol. The van der Waals surface area contributed by atoms with Crippen molar-refractivity contribution in [3.8, 4) is 5.69 Å². The molecule has 7 heteroatoms. The Balaban J connectivity index is 0.00000312. The van der Waals surface area contributed by atoms with Crippen LogP contribution in [-0.2, 0) is 11.2 Å². The molecule has 0 spiro atoms. The number of hydrogen-bond donors (Lipinski definition) is 2. The summed E-state index contributed by atoms with van der Waals surface area (Å²) >= 11 is 0. The molecule has 0 fully saturated rings. The second-order valence-electron chi connectivity index (χ2n) is 6.96. The summed E-state index contributed by atoms with van der Waals surface area (Å²) in [6.07, 6.45) is 1.04. The van der Waals surface area contributed by atoms with Crippen molar-refractivity contribution in [1.29, 1.82) is 0 Å². The molecule has 1 unspecified atom stereocenters. The summed E-state index contributed by atoms with van der Waals surface area (Å²) in [6.45, 7) is 8.56. The van der Waals surface area contributed by atoms with Gasteiger partial charge in [0.25, 0.3) is 0 Å². The van der Waals surface area contributed by atoms with Gasteiger partial charge < -0.3 is 11.1 Å². The highest BCUT2D eigenvalue weighted by Crippen LogP contribution is 2.16. The Morgan fingerprint density at radius 2 is 1.96 bits per heavy atom. The zero-order valence-corrected chi connectivity index (χ0v) is 16.1. The fourth-order valence-corrected chi connectivity index (χ4v) is 2.96. The molecule has 1 heterocycles. The van der Waals surface area contributed by atoms with Crippen molar-refractivity contribution < 1.29 is 4.79 Å². The molecule has 1 aromatic heterocycles. The predicted molar refractivity (Wildman–Crippen MR) is 102 cm³/mol. The van der Waals surface area contributed by atoms with Crippen molar-refractivity contribution in [1.82, 2.24) is 20.3 Å². The van der Waals surface area contributed by atoms with Crippen molar-refractivity contribution in [2.24, 2.45) is 11.7 Å². The summed E-state index contributed by atoms with van der Waals surface area (Å²) in [4.78, 5) is 12.4. The van der Waals surface area contributed by atoms with Gasteiger partial charge in [0, 0.05) is 12.1 Å². The minimum Gasteiger partial charge on any atom is -0.349 e. The van der Waals surface area contributed by atoms with Crippen molar-refractivity contribution in [3.63, 3.8) is 0 Å². The van der Waals surface area contributed by atoms with Crippen LogP contribution < -0.4 is 11.1 Å². The van der Waals surface area contributed by atoms with Crippen molar-refractivity contribution >= 4 is 18.3 Å². The molecule has 1 aromatic carbocycles. The number of nitrogens with zero attached hydrogens (tertiary/aromatic N) is 3. The zero-order chi connectivity index (χ0) is 17.7. The third-order valence-corrected chi connectivity index (χ3v) is 4.07. The highest BCUT2D eigenvalue weighted by Gasteiger charge is 2.26. The minimum atomic E-state index is -0.394. The summed E-state index contributed by atoms with van der Waals surface area (Å²) in [5.41, 5.74) is 7.95. The number of aromatic nitrogens is 3. The lowest BCUT2D eigenvalue weighted by molar-refractivity contribution is -0.122. The molecule has 2 rings (SSSR count). The molecule has 1 amide bonds. The second-order valence-corrected chi connectivity index (χ2v) is 6.96. The number of carbonyl (C=O) groups is 1. The molecule has 3 N–H and O–H groups in total. The van der Waals surface area contributed by atoms with Crippen LogP contribution in [-0.4, -0.2) is 33.0 Å². The van der Waals surface area contributed by atoms with E-state index in [1.807, 2.05) is 44.2 Å². The molecule has 2 aromatic rings. The second kappa shape index (κ2) is 8.97. The standard InChI is InChI=1S/C18H27N5O.ClH/c1-13(2)11-18(4,12-19)20-17(24)10-16-14(3)23(22-21-16)15-8-6-5-7-9-15;/h5-9,13H,10-12,19H2,1-4H3,(H,20,24);1H. The first-order valence-corrected chi connectivity index (χ1v) is 8.32. The number of hydrogen-bond acceptors (Lipinski definition) is 4. The van der Waals surface area contributed by atoms with Gasteiger partial charge in [-0.1, -0.05) is 37.3 Å². The van der Waals surface area contributed by atoms with Gasteiger partial charge in [-0.15, -0.1) is 17.5 Å². The Morgan fingerprint density at radius 3 is 2.52 bits per heavy atom. The van der Waals surface area contributed by atoms with Crippen LogP contribution in [0.1, 0.15) is 38.6 Å². The maximum Gasteiger partial charge on any atom is 0.226 e. The SMILES string of the molecule is Cc1c(CC(=O)NC(C)(CN)CC(C)C)nnn1-c1ccccc1.Cl. The van der Waals surface area contributed by atoms with Crippen molar-refractivity contribution in [2.75, 3.05) is 6.54 Å². The fourth-order valence-electron chi connectivity index (χ4n) is 2.96. The number of para-hydroxylation sites is 1. The zero-order valence-electron chi connectivity index (χ0n) is 15.3. The van der Waals surface area contributed by atoms with E-state index in [1.165, 1.54) is 0 Å². The Hall–Kier alpha value is -1.92. The summed E-state index contributed by atoms with van der Waals surface area (Å²) in [6, 6.07) is 9.76. The smallest absolute Gasteiger partial charge is 0.226 e. The molecule has 6 nitrogen and oxygen atoms in total. The number of benzene rings is 1. The molecule has 138 valence electrons. The summed E-state index contributed by atoms with van der Waals surface area (Å²) in [5.74, 6) is 0.381. The lowest BCUT2D eigenvalue weighted by Gasteiger charge is -2.31. The van der Waals surface area contributed by atoms with Gasteiger partial charge in [-0.25, -0.2) is 4.68 Å². The number of nitrogens with one attached hydrogen (secondary N) is 1. The molecule has 25 heavy (non-hydrogen) atoms. The van der Waals surface area contributed by atoms with Gasteiger partial charge in [-0.05, 0) is 38.3 Å². The number of carbonyl (C=O) groups excluding carboxylic acids is 1. The first-order chi connectivity index (χ1) is 11.3. The Morgan fingerprint density at radius 1 is 1.32 bits per heavy atom. The first-order valence-electron chi connectivity index (χ1n) is 8.32. The van der Waals surface area contributed by atoms with Crippen molar-refractivity contribution in [2.45, 2.75) is 46.1 Å². The number of amides is 1. The van der Waals surface area contributed by atoms with E-state index in [9.17, 15) is 4.79 Å². The predicted octanol–water partition coefficient (Wildman–Crippen LogP) is 2.42. The van der Waals surface area contributed by atoms with Crippen LogP contribution in [0, 0.1) is 12.8 Å². The molecular weight excluding hydrogens is 338 g/mol. The van der Waals surface area contributed by atoms with Crippen LogP contribution in [0.3, 0.4) is 0 Å². The molecule has 0 aliphatic rings. The first kappa shape index (κ1) is 21.1. The highest BCUT2D eigenvalue weighted by molar-refractivity contribution is 5.85. The van der Waals surface area contributed by atoms with Gasteiger partial charge in [0.2, 0.25) is 5.91 Å². The van der Waals surface area contributed by atoms with Crippen LogP contribution >= 0.6 is 12.4 Å². The number of halogens is 1. The van der Waals surface area contributed by atoms with Crippen LogP contribution in [0.15, 0.2) is 30.3 Å². The lowest BCUT2D eigenvalue weighted by atomic mass is 9.90. The molecule has 0 saturated carbocycles. The molecule has 0 aliphatic carbocycles. The van der Waals surface area contributed by atoms with E-state index in [0.717, 1.165) is 17.8 Å². The van der Waals surface area contributed by atoms with E-state index in [0.29, 0.717) is 18.2 Å². The maximum absolute atomic E-state index is 12.4. The molecule has 0 bridgehead atoms. The average molecular weight is 366 g/mol. The molecule has 1 atom stereocenters. The van der Waals surface area contributed by atoms with Gasteiger partial charge in [0.05, 0.1) is 23.5 Å². The van der Waals surface area contributed by atoms with E-state index in [1.54, 1.807) is 4.68 Å². The van der Waals surface area contributed by atoms with Crippen LogP contribution in [0.5, 0.6) is 0 Å². The lowest BCUT2D eigenvalue weighted by Crippen LogP contribution is -2.52. The summed E-state index contributed by atoms with van der Waals surface area (Å²) in [7, 11) is 0. The van der Waals surface area contributed by atoms with Gasteiger partial charge >= 0.3 is 0 Å². The van der Waals surface area contributed by atoms with Gasteiger partial charge in [0.1, 0.15) is 0 Å². The number of rotatable bonds is 7. The maximum atomic E-state index is 12.4. The molecule has 0 aliphatic heterocycles. The molecular formula is C18H28ClN5O. The molecule has 0 radical (unpaired) electrons. The Bertz CT molecular complexity index is 686. The fraction of sp³-hybridized carbons (Fsp3) is 0.500. The normalized spacial score (nSPS) is 13.2. The van der Waals surface area contributed by atoms with E-state index in [4.69, 9.17) is 5.73 Å². The van der Waals surface area contributed by atoms with Crippen LogP contribution in [0.2, 0.25) is 0 Å². The summed E-state index contributed by atoms with van der Waals surface area (Å²) in [5, 5.41) is 11.4. The van der Waals surface area contributed by atoms with Gasteiger partial charge in [-0.2, -0.15) is 0 Å². The number of nitrogens with two attached hydrogens (primary N) is 1. The Kier molecular flexibility index (Phi) is 7.58. The topological polar surface area (TPSA) is 85.8 Å². The van der Waals surface area contributed by atoms with E-state index in [2.05, 4.69) is 29.5 Å². The Labute approximate surface area is 155 Å². The van der Waals surface area contributed by atoms with E-state index in [-0.39, 0.29) is 24.7 Å². The highest BCUT2D eigenvalue weighted by atomic mass is 35.5.